The number of rotatable bonds is 3. The molecule has 17 heavy (non-hydrogen) atoms. The summed E-state index contributed by atoms with van der Waals surface area (Å²) in [4.78, 5) is 12.1. The van der Waals surface area contributed by atoms with Gasteiger partial charge in [0, 0.05) is 6.20 Å². The number of nitrogens with two attached hydrogens (primary N) is 1. The van der Waals surface area contributed by atoms with Crippen LogP contribution in [0.1, 0.15) is 11.3 Å². The van der Waals surface area contributed by atoms with E-state index in [1.807, 2.05) is 19.1 Å². The number of nitrogen functional groups attached to an aromatic ring is 1. The second-order valence-corrected chi connectivity index (χ2v) is 3.92. The van der Waals surface area contributed by atoms with Crippen molar-refractivity contribution in [3.05, 3.63) is 40.9 Å². The summed E-state index contributed by atoms with van der Waals surface area (Å²) >= 11 is 5.97. The molecule has 2 rings (SSSR count). The molecule has 0 aliphatic carbocycles. The van der Waals surface area contributed by atoms with E-state index >= 15 is 0 Å². The fourth-order valence-corrected chi connectivity index (χ4v) is 1.54. The highest BCUT2D eigenvalue weighted by molar-refractivity contribution is 6.35. The molecular formula is C11H12ClN5. The zero-order valence-electron chi connectivity index (χ0n) is 9.31. The number of aromatic nitrogens is 3. The van der Waals surface area contributed by atoms with E-state index in [1.54, 1.807) is 6.20 Å². The molecule has 2 aromatic heterocycles. The lowest BCUT2D eigenvalue weighted by Crippen LogP contribution is -2.06. The maximum absolute atomic E-state index is 5.97. The molecule has 5 nitrogen and oxygen atoms in total. The molecule has 6 heteroatoms. The van der Waals surface area contributed by atoms with Crippen molar-refractivity contribution in [3.8, 4) is 0 Å². The van der Waals surface area contributed by atoms with Crippen molar-refractivity contribution in [1.29, 1.82) is 0 Å². The Morgan fingerprint density at radius 2 is 2.18 bits per heavy atom. The molecule has 0 bridgehead atoms. The number of nitrogens with zero attached hydrogens (tertiary/aromatic N) is 3. The van der Waals surface area contributed by atoms with Gasteiger partial charge in [0.25, 0.3) is 0 Å². The zero-order valence-corrected chi connectivity index (χ0v) is 10.1. The van der Waals surface area contributed by atoms with E-state index in [1.165, 1.54) is 6.33 Å². The Kier molecular flexibility index (Phi) is 3.39. The van der Waals surface area contributed by atoms with Crippen molar-refractivity contribution in [2.24, 2.45) is 0 Å². The predicted molar refractivity (Wildman–Crippen MR) is 67.8 cm³/mol. The molecule has 0 spiro atoms. The van der Waals surface area contributed by atoms with Crippen molar-refractivity contribution in [1.82, 2.24) is 15.0 Å². The molecule has 3 N–H and O–H groups in total. The molecule has 0 fully saturated rings. The lowest BCUT2D eigenvalue weighted by molar-refractivity contribution is 1.000. The third-order valence-electron chi connectivity index (χ3n) is 2.36. The molecule has 0 amide bonds. The summed E-state index contributed by atoms with van der Waals surface area (Å²) in [7, 11) is 0. The smallest absolute Gasteiger partial charge is 0.150 e. The molecule has 88 valence electrons. The van der Waals surface area contributed by atoms with Gasteiger partial charge >= 0.3 is 0 Å². The Morgan fingerprint density at radius 1 is 1.35 bits per heavy atom. The molecule has 0 unspecified atom stereocenters. The van der Waals surface area contributed by atoms with Gasteiger partial charge in [0.15, 0.2) is 5.82 Å². The maximum atomic E-state index is 5.97. The van der Waals surface area contributed by atoms with Gasteiger partial charge in [-0.3, -0.25) is 4.98 Å². The van der Waals surface area contributed by atoms with Crippen LogP contribution in [0, 0.1) is 6.92 Å². The van der Waals surface area contributed by atoms with Gasteiger partial charge in [-0.25, -0.2) is 9.97 Å². The second-order valence-electron chi connectivity index (χ2n) is 3.54. The minimum atomic E-state index is 0.266. The predicted octanol–water partition coefficient (Wildman–Crippen LogP) is 2.03. The molecule has 0 saturated carbocycles. The highest BCUT2D eigenvalue weighted by Crippen LogP contribution is 2.23. The molecule has 0 aliphatic heterocycles. The fourth-order valence-electron chi connectivity index (χ4n) is 1.38. The summed E-state index contributed by atoms with van der Waals surface area (Å²) in [5.74, 6) is 0.783. The van der Waals surface area contributed by atoms with E-state index < -0.39 is 0 Å². The third kappa shape index (κ3) is 2.62. The van der Waals surface area contributed by atoms with Crippen LogP contribution in [0.3, 0.4) is 0 Å². The Morgan fingerprint density at radius 3 is 2.94 bits per heavy atom. The van der Waals surface area contributed by atoms with E-state index in [0.29, 0.717) is 17.4 Å². The maximum Gasteiger partial charge on any atom is 0.150 e. The van der Waals surface area contributed by atoms with Crippen LogP contribution in [0.25, 0.3) is 0 Å². The van der Waals surface area contributed by atoms with Gasteiger partial charge < -0.3 is 11.1 Å². The van der Waals surface area contributed by atoms with E-state index in [-0.39, 0.29) is 5.82 Å². The van der Waals surface area contributed by atoms with Gasteiger partial charge in [-0.05, 0) is 18.6 Å². The topological polar surface area (TPSA) is 76.7 Å². The largest absolute Gasteiger partial charge is 0.382 e. The first-order chi connectivity index (χ1) is 8.18. The highest BCUT2D eigenvalue weighted by Gasteiger charge is 2.06. The van der Waals surface area contributed by atoms with E-state index in [4.69, 9.17) is 17.3 Å². The van der Waals surface area contributed by atoms with Crippen LogP contribution in [0.5, 0.6) is 0 Å². The van der Waals surface area contributed by atoms with E-state index in [9.17, 15) is 0 Å². The minimum Gasteiger partial charge on any atom is -0.382 e. The lowest BCUT2D eigenvalue weighted by Gasteiger charge is -2.08. The number of hydrogen-bond acceptors (Lipinski definition) is 5. The monoisotopic (exact) mass is 249 g/mol. The fraction of sp³-hybridized carbons (Fsp3) is 0.182. The van der Waals surface area contributed by atoms with Crippen molar-refractivity contribution >= 4 is 23.2 Å². The highest BCUT2D eigenvalue weighted by atomic mass is 35.5. The average Bonchev–Trinajstić information content (AvgIpc) is 2.33. The van der Waals surface area contributed by atoms with Crippen LogP contribution >= 0.6 is 11.6 Å². The SMILES string of the molecule is Cc1cccnc1CNc1ncnc(N)c1Cl. The van der Waals surface area contributed by atoms with Gasteiger partial charge in [0.1, 0.15) is 17.2 Å². The Labute approximate surface area is 104 Å². The standard InChI is InChI=1S/C11H12ClN5/c1-7-3-2-4-14-8(7)5-15-11-9(12)10(13)16-6-17-11/h2-4,6H,5H2,1H3,(H3,13,15,16,17). The van der Waals surface area contributed by atoms with Crippen molar-refractivity contribution in [2.75, 3.05) is 11.1 Å². The molecule has 2 heterocycles. The van der Waals surface area contributed by atoms with Crippen molar-refractivity contribution in [3.63, 3.8) is 0 Å². The third-order valence-corrected chi connectivity index (χ3v) is 2.73. The van der Waals surface area contributed by atoms with Gasteiger partial charge in [-0.2, -0.15) is 0 Å². The van der Waals surface area contributed by atoms with Gasteiger partial charge in [-0.15, -0.1) is 0 Å². The number of nitrogens with one attached hydrogen (secondary N) is 1. The Bertz CT molecular complexity index is 529. The summed E-state index contributed by atoms with van der Waals surface area (Å²) in [6.07, 6.45) is 3.12. The van der Waals surface area contributed by atoms with Crippen LogP contribution < -0.4 is 11.1 Å². The molecule has 0 aromatic carbocycles. The summed E-state index contributed by atoms with van der Waals surface area (Å²) in [5, 5.41) is 3.42. The van der Waals surface area contributed by atoms with Gasteiger partial charge in [-0.1, -0.05) is 17.7 Å². The van der Waals surface area contributed by atoms with Crippen molar-refractivity contribution < 1.29 is 0 Å². The van der Waals surface area contributed by atoms with Gasteiger partial charge in [0.05, 0.1) is 12.2 Å². The number of aryl methyl sites for hydroxylation is 1. The average molecular weight is 250 g/mol. The number of pyridine rings is 1. The number of anilines is 2. The minimum absolute atomic E-state index is 0.266. The Balaban J connectivity index is 2.13. The van der Waals surface area contributed by atoms with Crippen molar-refractivity contribution in [2.45, 2.75) is 13.5 Å². The lowest BCUT2D eigenvalue weighted by atomic mass is 10.2. The molecule has 0 aliphatic rings. The summed E-state index contributed by atoms with van der Waals surface area (Å²) in [6, 6.07) is 3.90. The molecule has 0 radical (unpaired) electrons. The zero-order chi connectivity index (χ0) is 12.3. The Hall–Kier alpha value is -1.88. The van der Waals surface area contributed by atoms with E-state index in [2.05, 4.69) is 20.3 Å². The first-order valence-corrected chi connectivity index (χ1v) is 5.46. The van der Waals surface area contributed by atoms with Crippen LogP contribution in [0.4, 0.5) is 11.6 Å². The normalized spacial score (nSPS) is 10.2. The number of hydrogen-bond donors (Lipinski definition) is 2. The first-order valence-electron chi connectivity index (χ1n) is 5.09. The second kappa shape index (κ2) is 4.97. The molecule has 2 aromatic rings. The molecule has 0 atom stereocenters. The van der Waals surface area contributed by atoms with Crippen LogP contribution in [0.15, 0.2) is 24.7 Å². The quantitative estimate of drug-likeness (QED) is 0.870. The molecular weight excluding hydrogens is 238 g/mol. The van der Waals surface area contributed by atoms with Crippen LogP contribution in [0.2, 0.25) is 5.02 Å². The van der Waals surface area contributed by atoms with Crippen LogP contribution in [-0.4, -0.2) is 15.0 Å². The summed E-state index contributed by atoms with van der Waals surface area (Å²) in [6.45, 7) is 2.54. The first kappa shape index (κ1) is 11.6. The summed E-state index contributed by atoms with van der Waals surface area (Å²) < 4.78 is 0. The van der Waals surface area contributed by atoms with Crippen LogP contribution in [-0.2, 0) is 6.54 Å². The number of halogens is 1. The van der Waals surface area contributed by atoms with Gasteiger partial charge in [0.2, 0.25) is 0 Å². The summed E-state index contributed by atoms with van der Waals surface area (Å²) in [5.41, 5.74) is 7.64. The molecule has 0 saturated heterocycles. The van der Waals surface area contributed by atoms with E-state index in [0.717, 1.165) is 11.3 Å².